The van der Waals surface area contributed by atoms with Gasteiger partial charge in [-0.05, 0) is 18.2 Å². The van der Waals surface area contributed by atoms with E-state index in [-0.39, 0.29) is 11.8 Å². The third-order valence-electron chi connectivity index (χ3n) is 3.65. The molecule has 0 saturated heterocycles. The summed E-state index contributed by atoms with van der Waals surface area (Å²) >= 11 is 0. The van der Waals surface area contributed by atoms with Gasteiger partial charge in [0.15, 0.2) is 5.78 Å². The molecule has 2 aliphatic heterocycles. The molecule has 0 fully saturated rings. The number of hydrogen-bond acceptors (Lipinski definition) is 2. The minimum absolute atomic E-state index is 0.0158. The Labute approximate surface area is 109 Å². The Morgan fingerprint density at radius 2 is 1.68 bits per heavy atom. The van der Waals surface area contributed by atoms with Gasteiger partial charge in [-0.1, -0.05) is 30.3 Å². The maximum atomic E-state index is 12.5. The maximum absolute atomic E-state index is 12.5. The van der Waals surface area contributed by atoms with Gasteiger partial charge in [0.25, 0.3) is 0 Å². The van der Waals surface area contributed by atoms with Gasteiger partial charge in [0.2, 0.25) is 0 Å². The second kappa shape index (κ2) is 3.45. The molecule has 2 aromatic carbocycles. The molecule has 2 amide bonds. The Balaban J connectivity index is 1.99. The van der Waals surface area contributed by atoms with Crippen molar-refractivity contribution in [2.45, 2.75) is 6.04 Å². The molecule has 0 bridgehead atoms. The molecule has 0 spiro atoms. The van der Waals surface area contributed by atoms with E-state index in [1.807, 2.05) is 36.4 Å². The number of fused-ring (bicyclic) bond motifs is 5. The van der Waals surface area contributed by atoms with Crippen molar-refractivity contribution in [2.24, 2.45) is 0 Å². The first kappa shape index (κ1) is 10.3. The molecule has 0 aliphatic carbocycles. The summed E-state index contributed by atoms with van der Waals surface area (Å²) in [7, 11) is 0. The van der Waals surface area contributed by atoms with E-state index < -0.39 is 6.04 Å². The van der Waals surface area contributed by atoms with Crippen LogP contribution in [0.25, 0.3) is 0 Å². The average molecular weight is 250 g/mol. The monoisotopic (exact) mass is 250 g/mol. The fraction of sp³-hybridized carbons (Fsp3) is 0.0667. The zero-order chi connectivity index (χ0) is 13.0. The Morgan fingerprint density at radius 3 is 2.58 bits per heavy atom. The van der Waals surface area contributed by atoms with Crippen molar-refractivity contribution in [1.29, 1.82) is 0 Å². The summed E-state index contributed by atoms with van der Waals surface area (Å²) in [4.78, 5) is 26.3. The van der Waals surface area contributed by atoms with E-state index in [0.29, 0.717) is 11.3 Å². The predicted molar refractivity (Wildman–Crippen MR) is 71.5 cm³/mol. The number of carbonyl (C=O) groups is 2. The lowest BCUT2D eigenvalue weighted by Gasteiger charge is -2.31. The van der Waals surface area contributed by atoms with Crippen LogP contribution in [0.3, 0.4) is 0 Å². The van der Waals surface area contributed by atoms with Gasteiger partial charge >= 0.3 is 6.03 Å². The van der Waals surface area contributed by atoms with E-state index in [1.54, 1.807) is 17.0 Å². The summed E-state index contributed by atoms with van der Waals surface area (Å²) in [5, 5.41) is 2.83. The number of hydrogen-bond donors (Lipinski definition) is 1. The molecule has 4 nitrogen and oxygen atoms in total. The molecule has 92 valence electrons. The number of Topliss-reactive ketones (excluding diaryl/α,β-unsaturated/α-hetero) is 1. The molecule has 1 unspecified atom stereocenters. The van der Waals surface area contributed by atoms with Gasteiger partial charge in [-0.25, -0.2) is 4.79 Å². The molecule has 4 heteroatoms. The van der Waals surface area contributed by atoms with Crippen molar-refractivity contribution in [1.82, 2.24) is 0 Å². The van der Waals surface area contributed by atoms with Crippen LogP contribution in [0.2, 0.25) is 0 Å². The number of para-hydroxylation sites is 2. The maximum Gasteiger partial charge on any atom is 0.327 e. The Kier molecular flexibility index (Phi) is 1.87. The lowest BCUT2D eigenvalue weighted by Crippen LogP contribution is -2.41. The Bertz CT molecular complexity index is 724. The lowest BCUT2D eigenvalue weighted by molar-refractivity contribution is 0.0971. The van der Waals surface area contributed by atoms with E-state index in [4.69, 9.17) is 0 Å². The van der Waals surface area contributed by atoms with Crippen molar-refractivity contribution in [3.8, 4) is 0 Å². The van der Waals surface area contributed by atoms with E-state index in [1.165, 1.54) is 0 Å². The molecule has 1 atom stereocenters. The minimum Gasteiger partial charge on any atom is -0.307 e. The zero-order valence-electron chi connectivity index (χ0n) is 9.96. The molecule has 2 heterocycles. The van der Waals surface area contributed by atoms with Crippen LogP contribution < -0.4 is 10.2 Å². The highest BCUT2D eigenvalue weighted by atomic mass is 16.2. The molecule has 0 radical (unpaired) electrons. The predicted octanol–water partition coefficient (Wildman–Crippen LogP) is 2.98. The highest BCUT2D eigenvalue weighted by molar-refractivity contribution is 6.22. The molecule has 4 rings (SSSR count). The molecule has 2 aliphatic rings. The van der Waals surface area contributed by atoms with Crippen molar-refractivity contribution >= 4 is 23.2 Å². The van der Waals surface area contributed by atoms with Crippen molar-refractivity contribution < 1.29 is 9.59 Å². The highest BCUT2D eigenvalue weighted by Gasteiger charge is 2.45. The van der Waals surface area contributed by atoms with Crippen LogP contribution in [0.5, 0.6) is 0 Å². The standard InChI is InChI=1S/C15H10N2O2/c18-14-10-6-2-4-8-12(10)17-13(14)9-5-1-3-7-11(9)16-15(17)19/h1-8,13H,(H,16,19). The van der Waals surface area contributed by atoms with Crippen LogP contribution in [-0.2, 0) is 0 Å². The van der Waals surface area contributed by atoms with Gasteiger partial charge in [-0.3, -0.25) is 9.69 Å². The number of urea groups is 1. The van der Waals surface area contributed by atoms with E-state index >= 15 is 0 Å². The SMILES string of the molecule is O=C1c2ccccc2N2C(=O)Nc3ccccc3C12. The molecule has 1 N–H and O–H groups in total. The Hall–Kier alpha value is -2.62. The van der Waals surface area contributed by atoms with Gasteiger partial charge in [0.1, 0.15) is 6.04 Å². The third-order valence-corrected chi connectivity index (χ3v) is 3.65. The molecule has 2 aromatic rings. The number of rotatable bonds is 0. The van der Waals surface area contributed by atoms with Gasteiger partial charge in [0.05, 0.1) is 5.69 Å². The van der Waals surface area contributed by atoms with Crippen LogP contribution in [0, 0.1) is 0 Å². The number of carbonyl (C=O) groups excluding carboxylic acids is 2. The van der Waals surface area contributed by atoms with Gasteiger partial charge < -0.3 is 5.32 Å². The van der Waals surface area contributed by atoms with Crippen LogP contribution in [-0.4, -0.2) is 11.8 Å². The quantitative estimate of drug-likeness (QED) is 0.781. The minimum atomic E-state index is -0.526. The zero-order valence-corrected chi connectivity index (χ0v) is 9.96. The van der Waals surface area contributed by atoms with Crippen LogP contribution in [0.1, 0.15) is 22.0 Å². The summed E-state index contributed by atoms with van der Waals surface area (Å²) in [6.45, 7) is 0. The van der Waals surface area contributed by atoms with Crippen molar-refractivity contribution in [2.75, 3.05) is 10.2 Å². The number of anilines is 2. The first-order chi connectivity index (χ1) is 9.27. The third kappa shape index (κ3) is 1.23. The molecule has 0 aromatic heterocycles. The van der Waals surface area contributed by atoms with Crippen LogP contribution in [0.15, 0.2) is 48.5 Å². The van der Waals surface area contributed by atoms with Crippen molar-refractivity contribution in [3.63, 3.8) is 0 Å². The number of nitrogens with one attached hydrogen (secondary N) is 1. The van der Waals surface area contributed by atoms with E-state index in [9.17, 15) is 9.59 Å². The van der Waals surface area contributed by atoms with Gasteiger partial charge in [0, 0.05) is 16.8 Å². The van der Waals surface area contributed by atoms with Crippen LogP contribution >= 0.6 is 0 Å². The summed E-state index contributed by atoms with van der Waals surface area (Å²) in [5.74, 6) is -0.0158. The fourth-order valence-electron chi connectivity index (χ4n) is 2.83. The lowest BCUT2D eigenvalue weighted by atomic mass is 9.98. The molecular formula is C15H10N2O2. The number of nitrogens with zero attached hydrogens (tertiary/aromatic N) is 1. The summed E-state index contributed by atoms with van der Waals surface area (Å²) in [6, 6.07) is 13.9. The second-order valence-electron chi connectivity index (χ2n) is 4.67. The average Bonchev–Trinajstić information content (AvgIpc) is 2.74. The van der Waals surface area contributed by atoms with E-state index in [0.717, 1.165) is 11.3 Å². The normalized spacial score (nSPS) is 19.6. The summed E-state index contributed by atoms with van der Waals surface area (Å²) < 4.78 is 0. The largest absolute Gasteiger partial charge is 0.327 e. The number of ketones is 1. The molecule has 19 heavy (non-hydrogen) atoms. The number of amides is 2. The van der Waals surface area contributed by atoms with Gasteiger partial charge in [-0.15, -0.1) is 0 Å². The summed E-state index contributed by atoms with van der Waals surface area (Å²) in [6.07, 6.45) is 0. The topological polar surface area (TPSA) is 49.4 Å². The van der Waals surface area contributed by atoms with Crippen molar-refractivity contribution in [3.05, 3.63) is 59.7 Å². The molecular weight excluding hydrogens is 240 g/mol. The highest BCUT2D eigenvalue weighted by Crippen LogP contribution is 2.44. The second-order valence-corrected chi connectivity index (χ2v) is 4.67. The smallest absolute Gasteiger partial charge is 0.307 e. The molecule has 0 saturated carbocycles. The van der Waals surface area contributed by atoms with Crippen LogP contribution in [0.4, 0.5) is 16.2 Å². The number of benzene rings is 2. The van der Waals surface area contributed by atoms with Gasteiger partial charge in [-0.2, -0.15) is 0 Å². The first-order valence-electron chi connectivity index (χ1n) is 6.10. The first-order valence-corrected chi connectivity index (χ1v) is 6.10. The summed E-state index contributed by atoms with van der Waals surface area (Å²) in [5.41, 5.74) is 2.86. The van der Waals surface area contributed by atoms with E-state index in [2.05, 4.69) is 5.32 Å². The fourth-order valence-corrected chi connectivity index (χ4v) is 2.83. The Morgan fingerprint density at radius 1 is 0.947 bits per heavy atom.